The third-order valence-electron chi connectivity index (χ3n) is 4.47. The Labute approximate surface area is 150 Å². The van der Waals surface area contributed by atoms with Gasteiger partial charge < -0.3 is 4.90 Å². The monoisotopic (exact) mass is 353 g/mol. The van der Waals surface area contributed by atoms with Gasteiger partial charge in [0.2, 0.25) is 0 Å². The van der Waals surface area contributed by atoms with Crippen LogP contribution in [0.3, 0.4) is 0 Å². The van der Waals surface area contributed by atoms with Gasteiger partial charge in [0.05, 0.1) is 10.6 Å². The fourth-order valence-corrected chi connectivity index (χ4v) is 3.87. The molecule has 0 saturated carbocycles. The number of hydrogen-bond donors (Lipinski definition) is 0. The lowest BCUT2D eigenvalue weighted by Crippen LogP contribution is -2.39. The maximum absolute atomic E-state index is 12.6. The molecule has 1 aliphatic rings. The average Bonchev–Trinajstić information content (AvgIpc) is 3.33. The molecule has 25 heavy (non-hydrogen) atoms. The molecule has 1 aliphatic heterocycles. The van der Waals surface area contributed by atoms with Crippen molar-refractivity contribution in [2.24, 2.45) is 0 Å². The quantitative estimate of drug-likeness (QED) is 0.726. The van der Waals surface area contributed by atoms with E-state index in [2.05, 4.69) is 15.4 Å². The molecule has 1 amide bonds. The second kappa shape index (κ2) is 6.76. The van der Waals surface area contributed by atoms with Gasteiger partial charge in [0.1, 0.15) is 0 Å². The standard InChI is InChI=1S/C18H19N5OS/c1-13-5-2-7-15(11-13)23-20-17(19-21-23)14-6-3-9-22(12-14)18(24)16-8-4-10-25-16/h2,4-5,7-8,10-11,14H,3,6,9,12H2,1H3. The van der Waals surface area contributed by atoms with Crippen LogP contribution in [0.4, 0.5) is 0 Å². The molecular formula is C18H19N5OS. The minimum Gasteiger partial charge on any atom is -0.337 e. The van der Waals surface area contributed by atoms with E-state index in [1.165, 1.54) is 11.3 Å². The predicted octanol–water partition coefficient (Wildman–Crippen LogP) is 3.05. The zero-order valence-electron chi connectivity index (χ0n) is 14.0. The zero-order chi connectivity index (χ0) is 17.2. The normalized spacial score (nSPS) is 17.6. The molecule has 1 atom stereocenters. The highest BCUT2D eigenvalue weighted by Crippen LogP contribution is 2.26. The largest absolute Gasteiger partial charge is 0.337 e. The van der Waals surface area contributed by atoms with E-state index in [1.54, 1.807) is 4.80 Å². The molecule has 4 rings (SSSR count). The Morgan fingerprint density at radius 3 is 3.00 bits per heavy atom. The van der Waals surface area contributed by atoms with Crippen molar-refractivity contribution in [2.45, 2.75) is 25.7 Å². The second-order valence-corrected chi connectivity index (χ2v) is 7.29. The highest BCUT2D eigenvalue weighted by molar-refractivity contribution is 7.12. The fourth-order valence-electron chi connectivity index (χ4n) is 3.18. The van der Waals surface area contributed by atoms with E-state index in [4.69, 9.17) is 0 Å². The number of nitrogens with zero attached hydrogens (tertiary/aromatic N) is 5. The van der Waals surface area contributed by atoms with E-state index in [0.717, 1.165) is 35.5 Å². The van der Waals surface area contributed by atoms with Crippen molar-refractivity contribution in [1.29, 1.82) is 0 Å². The zero-order valence-corrected chi connectivity index (χ0v) is 14.8. The number of likely N-dealkylation sites (tertiary alicyclic amines) is 1. The van der Waals surface area contributed by atoms with Crippen molar-refractivity contribution in [3.63, 3.8) is 0 Å². The molecular weight excluding hydrogens is 334 g/mol. The molecule has 1 aromatic carbocycles. The van der Waals surface area contributed by atoms with Crippen LogP contribution in [0.5, 0.6) is 0 Å². The molecule has 1 unspecified atom stereocenters. The highest BCUT2D eigenvalue weighted by Gasteiger charge is 2.28. The number of carbonyl (C=O) groups excluding carboxylic acids is 1. The van der Waals surface area contributed by atoms with Crippen molar-refractivity contribution < 1.29 is 4.79 Å². The Balaban J connectivity index is 1.51. The minimum atomic E-state index is 0.103. The van der Waals surface area contributed by atoms with Gasteiger partial charge >= 0.3 is 0 Å². The molecule has 0 bridgehead atoms. The summed E-state index contributed by atoms with van der Waals surface area (Å²) >= 11 is 1.49. The SMILES string of the molecule is Cc1cccc(-n2nnc(C3CCCN(C(=O)c4cccs4)C3)n2)c1. The van der Waals surface area contributed by atoms with Crippen molar-refractivity contribution in [2.75, 3.05) is 13.1 Å². The second-order valence-electron chi connectivity index (χ2n) is 6.34. The Morgan fingerprint density at radius 2 is 2.20 bits per heavy atom. The van der Waals surface area contributed by atoms with E-state index in [0.29, 0.717) is 12.4 Å². The van der Waals surface area contributed by atoms with E-state index >= 15 is 0 Å². The molecule has 0 N–H and O–H groups in total. The molecule has 0 aliphatic carbocycles. The summed E-state index contributed by atoms with van der Waals surface area (Å²) in [6.07, 6.45) is 1.94. The number of aromatic nitrogens is 4. The van der Waals surface area contributed by atoms with Gasteiger partial charge in [0.15, 0.2) is 5.82 Å². The van der Waals surface area contributed by atoms with Crippen molar-refractivity contribution in [3.8, 4) is 5.69 Å². The molecule has 7 heteroatoms. The lowest BCUT2D eigenvalue weighted by molar-refractivity contribution is 0.0709. The number of aryl methyl sites for hydroxylation is 1. The van der Waals surface area contributed by atoms with Gasteiger partial charge in [-0.15, -0.1) is 26.3 Å². The molecule has 2 aromatic heterocycles. The van der Waals surface area contributed by atoms with Crippen LogP contribution in [-0.4, -0.2) is 44.1 Å². The van der Waals surface area contributed by atoms with E-state index in [-0.39, 0.29) is 11.8 Å². The topological polar surface area (TPSA) is 63.9 Å². The first kappa shape index (κ1) is 16.0. The Morgan fingerprint density at radius 1 is 1.28 bits per heavy atom. The predicted molar refractivity (Wildman–Crippen MR) is 96.1 cm³/mol. The summed E-state index contributed by atoms with van der Waals surface area (Å²) in [6.45, 7) is 3.48. The Hall–Kier alpha value is -2.54. The first-order valence-corrected chi connectivity index (χ1v) is 9.28. The van der Waals surface area contributed by atoms with Gasteiger partial charge in [-0.3, -0.25) is 4.79 Å². The Bertz CT molecular complexity index is 873. The summed E-state index contributed by atoms with van der Waals surface area (Å²) in [5.41, 5.74) is 2.06. The van der Waals surface area contributed by atoms with Crippen LogP contribution in [0.2, 0.25) is 0 Å². The lowest BCUT2D eigenvalue weighted by atomic mass is 9.97. The van der Waals surface area contributed by atoms with E-state index in [1.807, 2.05) is 53.6 Å². The molecule has 0 spiro atoms. The number of piperidine rings is 1. The molecule has 0 radical (unpaired) electrons. The van der Waals surface area contributed by atoms with E-state index < -0.39 is 0 Å². The van der Waals surface area contributed by atoms with Gasteiger partial charge in [-0.05, 0) is 54.1 Å². The number of hydrogen-bond acceptors (Lipinski definition) is 5. The number of tetrazole rings is 1. The average molecular weight is 353 g/mol. The van der Waals surface area contributed by atoms with E-state index in [9.17, 15) is 4.79 Å². The van der Waals surface area contributed by atoms with Crippen molar-refractivity contribution in [3.05, 3.63) is 58.0 Å². The summed E-state index contributed by atoms with van der Waals surface area (Å²) in [6, 6.07) is 11.8. The maximum atomic E-state index is 12.6. The first-order chi connectivity index (χ1) is 12.2. The highest BCUT2D eigenvalue weighted by atomic mass is 32.1. The third-order valence-corrected chi connectivity index (χ3v) is 5.33. The van der Waals surface area contributed by atoms with Crippen LogP contribution in [-0.2, 0) is 0 Å². The molecule has 3 aromatic rings. The van der Waals surface area contributed by atoms with Gasteiger partial charge in [-0.1, -0.05) is 18.2 Å². The van der Waals surface area contributed by atoms with Crippen LogP contribution < -0.4 is 0 Å². The summed E-state index contributed by atoms with van der Waals surface area (Å²) in [5.74, 6) is 0.951. The number of rotatable bonds is 3. The molecule has 1 fully saturated rings. The first-order valence-electron chi connectivity index (χ1n) is 8.40. The Kier molecular flexibility index (Phi) is 4.31. The van der Waals surface area contributed by atoms with Crippen LogP contribution in [0.25, 0.3) is 5.69 Å². The minimum absolute atomic E-state index is 0.103. The summed E-state index contributed by atoms with van der Waals surface area (Å²) in [4.78, 5) is 16.8. The molecule has 128 valence electrons. The van der Waals surface area contributed by atoms with Crippen LogP contribution in [0, 0.1) is 6.92 Å². The number of thiophene rings is 1. The lowest BCUT2D eigenvalue weighted by Gasteiger charge is -2.30. The van der Waals surface area contributed by atoms with Crippen LogP contribution in [0.15, 0.2) is 41.8 Å². The summed E-state index contributed by atoms with van der Waals surface area (Å²) in [7, 11) is 0. The number of carbonyl (C=O) groups is 1. The van der Waals surface area contributed by atoms with Gasteiger partial charge in [-0.25, -0.2) is 0 Å². The molecule has 6 nitrogen and oxygen atoms in total. The smallest absolute Gasteiger partial charge is 0.263 e. The number of amides is 1. The van der Waals surface area contributed by atoms with Gasteiger partial charge in [-0.2, -0.15) is 0 Å². The van der Waals surface area contributed by atoms with Crippen LogP contribution >= 0.6 is 11.3 Å². The maximum Gasteiger partial charge on any atom is 0.263 e. The third kappa shape index (κ3) is 3.32. The molecule has 1 saturated heterocycles. The number of benzene rings is 1. The van der Waals surface area contributed by atoms with Crippen molar-refractivity contribution >= 4 is 17.2 Å². The van der Waals surface area contributed by atoms with Gasteiger partial charge in [0.25, 0.3) is 5.91 Å². The summed E-state index contributed by atoms with van der Waals surface area (Å²) in [5, 5.41) is 14.9. The summed E-state index contributed by atoms with van der Waals surface area (Å²) < 4.78 is 0. The van der Waals surface area contributed by atoms with Crippen LogP contribution in [0.1, 0.15) is 39.8 Å². The molecule has 3 heterocycles. The van der Waals surface area contributed by atoms with Crippen molar-refractivity contribution in [1.82, 2.24) is 25.1 Å². The van der Waals surface area contributed by atoms with Gasteiger partial charge in [0, 0.05) is 19.0 Å². The fraction of sp³-hybridized carbons (Fsp3) is 0.333.